The van der Waals surface area contributed by atoms with Crippen LogP contribution in [-0.2, 0) is 9.59 Å². The molecule has 0 aromatic heterocycles. The van der Waals surface area contributed by atoms with Crippen LogP contribution in [0.2, 0.25) is 5.02 Å². The molecule has 0 saturated carbocycles. The Morgan fingerprint density at radius 3 is 2.52 bits per heavy atom. The number of halogens is 1. The van der Waals surface area contributed by atoms with E-state index in [9.17, 15) is 14.4 Å². The normalized spacial score (nSPS) is 26.3. The SMILES string of the molecule is COc1ccc(C(=O)C2C3C(=O)N(c4cccc(Cl)c4)C(=O)C3C3C=CC=NN32)cc1. The molecule has 7 nitrogen and oxygen atoms in total. The van der Waals surface area contributed by atoms with Gasteiger partial charge in [-0.1, -0.05) is 23.7 Å². The summed E-state index contributed by atoms with van der Waals surface area (Å²) in [4.78, 5) is 41.5. The number of ketones is 1. The number of anilines is 1. The summed E-state index contributed by atoms with van der Waals surface area (Å²) in [5, 5.41) is 6.36. The fraction of sp³-hybridized carbons (Fsp3) is 0.217. The van der Waals surface area contributed by atoms with Gasteiger partial charge in [0, 0.05) is 16.8 Å². The van der Waals surface area contributed by atoms with Crippen LogP contribution >= 0.6 is 11.6 Å². The molecule has 4 atom stereocenters. The van der Waals surface area contributed by atoms with Gasteiger partial charge in [0.25, 0.3) is 0 Å². The first-order valence-corrected chi connectivity index (χ1v) is 10.2. The van der Waals surface area contributed by atoms with Crippen molar-refractivity contribution in [1.82, 2.24) is 5.01 Å². The lowest BCUT2D eigenvalue weighted by Crippen LogP contribution is -2.46. The first-order chi connectivity index (χ1) is 15.0. The topological polar surface area (TPSA) is 79.3 Å². The van der Waals surface area contributed by atoms with Crippen LogP contribution in [0.15, 0.2) is 65.8 Å². The van der Waals surface area contributed by atoms with Crippen molar-refractivity contribution in [2.45, 2.75) is 12.1 Å². The van der Waals surface area contributed by atoms with Crippen molar-refractivity contribution in [3.8, 4) is 5.75 Å². The van der Waals surface area contributed by atoms with Crippen molar-refractivity contribution in [2.24, 2.45) is 16.9 Å². The number of hydrogen-bond acceptors (Lipinski definition) is 6. The Balaban J connectivity index is 1.56. The van der Waals surface area contributed by atoms with Crippen LogP contribution in [-0.4, -0.2) is 48.0 Å². The summed E-state index contributed by atoms with van der Waals surface area (Å²) in [6.45, 7) is 0. The third-order valence-corrected chi connectivity index (χ3v) is 6.24. The maximum atomic E-state index is 13.5. The molecule has 3 aliphatic heterocycles. The van der Waals surface area contributed by atoms with Crippen molar-refractivity contribution in [3.05, 3.63) is 71.3 Å². The number of benzene rings is 2. The summed E-state index contributed by atoms with van der Waals surface area (Å²) in [6.07, 6.45) is 5.12. The number of methoxy groups -OCH3 is 1. The number of carbonyl (C=O) groups excluding carboxylic acids is 3. The van der Waals surface area contributed by atoms with E-state index in [4.69, 9.17) is 16.3 Å². The summed E-state index contributed by atoms with van der Waals surface area (Å²) in [5.74, 6) is -1.95. The molecule has 8 heteroatoms. The second-order valence-corrected chi connectivity index (χ2v) is 8.04. The number of nitrogens with zero attached hydrogens (tertiary/aromatic N) is 3. The van der Waals surface area contributed by atoms with E-state index in [0.717, 1.165) is 4.90 Å². The first kappa shape index (κ1) is 19.5. The van der Waals surface area contributed by atoms with Crippen LogP contribution < -0.4 is 9.64 Å². The summed E-state index contributed by atoms with van der Waals surface area (Å²) in [5.41, 5.74) is 0.832. The van der Waals surface area contributed by atoms with Gasteiger partial charge in [0.2, 0.25) is 11.8 Å². The van der Waals surface area contributed by atoms with Crippen molar-refractivity contribution in [1.29, 1.82) is 0 Å². The van der Waals surface area contributed by atoms with Crippen molar-refractivity contribution in [2.75, 3.05) is 12.0 Å². The average Bonchev–Trinajstić information content (AvgIpc) is 3.26. The number of hydrazone groups is 1. The van der Waals surface area contributed by atoms with Crippen molar-refractivity contribution >= 4 is 41.1 Å². The van der Waals surface area contributed by atoms with Crippen molar-refractivity contribution < 1.29 is 19.1 Å². The van der Waals surface area contributed by atoms with E-state index in [2.05, 4.69) is 5.10 Å². The van der Waals surface area contributed by atoms with Crippen LogP contribution in [0.1, 0.15) is 10.4 Å². The zero-order chi connectivity index (χ0) is 21.7. The van der Waals surface area contributed by atoms with Gasteiger partial charge in [0.15, 0.2) is 5.78 Å². The zero-order valence-electron chi connectivity index (χ0n) is 16.5. The van der Waals surface area contributed by atoms with E-state index in [1.54, 1.807) is 72.9 Å². The second kappa shape index (κ2) is 7.35. The molecule has 2 aromatic carbocycles. The number of ether oxygens (including phenoxy) is 1. The number of amides is 2. The summed E-state index contributed by atoms with van der Waals surface area (Å²) in [6, 6.07) is 11.9. The predicted octanol–water partition coefficient (Wildman–Crippen LogP) is 2.95. The van der Waals surface area contributed by atoms with Gasteiger partial charge in [0.1, 0.15) is 11.8 Å². The maximum absolute atomic E-state index is 13.5. The summed E-state index contributed by atoms with van der Waals surface area (Å²) >= 11 is 6.08. The average molecular weight is 436 g/mol. The molecule has 2 aromatic rings. The molecule has 2 amide bonds. The van der Waals surface area contributed by atoms with Crippen LogP contribution in [0.5, 0.6) is 5.75 Å². The molecule has 4 unspecified atom stereocenters. The van der Waals surface area contributed by atoms with Crippen LogP contribution in [0.4, 0.5) is 5.69 Å². The first-order valence-electron chi connectivity index (χ1n) is 9.82. The molecule has 0 N–H and O–H groups in total. The highest BCUT2D eigenvalue weighted by atomic mass is 35.5. The fourth-order valence-electron chi connectivity index (χ4n) is 4.63. The summed E-state index contributed by atoms with van der Waals surface area (Å²) in [7, 11) is 1.55. The van der Waals surface area contributed by atoms with Gasteiger partial charge < -0.3 is 4.74 Å². The Kier molecular flexibility index (Phi) is 4.63. The third-order valence-electron chi connectivity index (χ3n) is 6.00. The number of Topliss-reactive ketones (excluding diaryl/α,β-unsaturated/α-hetero) is 1. The Labute approximate surface area is 183 Å². The molecule has 5 rings (SSSR count). The second-order valence-electron chi connectivity index (χ2n) is 7.60. The lowest BCUT2D eigenvalue weighted by Gasteiger charge is -2.30. The van der Waals surface area contributed by atoms with Gasteiger partial charge in [-0.05, 0) is 48.5 Å². The summed E-state index contributed by atoms with van der Waals surface area (Å²) < 4.78 is 5.16. The number of allylic oxidation sites excluding steroid dienone is 1. The van der Waals surface area contributed by atoms with E-state index in [-0.39, 0.29) is 11.7 Å². The van der Waals surface area contributed by atoms with Gasteiger partial charge in [-0.3, -0.25) is 19.4 Å². The van der Waals surface area contributed by atoms with Gasteiger partial charge in [-0.2, -0.15) is 5.10 Å². The minimum absolute atomic E-state index is 0.262. The number of carbonyl (C=O) groups is 3. The maximum Gasteiger partial charge on any atom is 0.240 e. The fourth-order valence-corrected chi connectivity index (χ4v) is 4.82. The number of rotatable bonds is 4. The van der Waals surface area contributed by atoms with Gasteiger partial charge in [0.05, 0.1) is 30.7 Å². The van der Waals surface area contributed by atoms with E-state index in [1.807, 2.05) is 6.08 Å². The van der Waals surface area contributed by atoms with Gasteiger partial charge in [-0.25, -0.2) is 4.90 Å². The Hall–Kier alpha value is -3.45. The Bertz CT molecular complexity index is 1140. The molecule has 0 spiro atoms. The molecule has 0 bridgehead atoms. The van der Waals surface area contributed by atoms with Gasteiger partial charge in [-0.15, -0.1) is 0 Å². The Morgan fingerprint density at radius 2 is 1.81 bits per heavy atom. The molecular formula is C23H18ClN3O4. The van der Waals surface area contributed by atoms with Crippen LogP contribution in [0.3, 0.4) is 0 Å². The molecule has 2 saturated heterocycles. The third kappa shape index (κ3) is 2.96. The highest BCUT2D eigenvalue weighted by Gasteiger charge is 2.64. The number of hydrogen-bond donors (Lipinski definition) is 0. The molecule has 2 fully saturated rings. The monoisotopic (exact) mass is 435 g/mol. The van der Waals surface area contributed by atoms with E-state index < -0.39 is 29.8 Å². The van der Waals surface area contributed by atoms with E-state index >= 15 is 0 Å². The quantitative estimate of drug-likeness (QED) is 0.545. The molecule has 0 radical (unpaired) electrons. The highest BCUT2D eigenvalue weighted by Crippen LogP contribution is 2.46. The molecule has 0 aliphatic carbocycles. The largest absolute Gasteiger partial charge is 0.497 e. The molecule has 3 aliphatic rings. The molecule has 31 heavy (non-hydrogen) atoms. The number of imide groups is 1. The molecular weight excluding hydrogens is 418 g/mol. The van der Waals surface area contributed by atoms with Gasteiger partial charge >= 0.3 is 0 Å². The number of fused-ring (bicyclic) bond motifs is 3. The van der Waals surface area contributed by atoms with E-state index in [1.165, 1.54) is 0 Å². The lowest BCUT2D eigenvalue weighted by molar-refractivity contribution is -0.123. The van der Waals surface area contributed by atoms with E-state index in [0.29, 0.717) is 22.0 Å². The lowest BCUT2D eigenvalue weighted by atomic mass is 9.86. The van der Waals surface area contributed by atoms with Crippen LogP contribution in [0.25, 0.3) is 0 Å². The standard InChI is InChI=1S/C23H18ClN3O4/c1-31-16-9-7-13(8-10-16)21(28)20-19-18(17-6-3-11-25-27(17)20)22(29)26(23(19)30)15-5-2-4-14(24)12-15/h2-12,17-20H,1H3. The minimum Gasteiger partial charge on any atom is -0.497 e. The van der Waals surface area contributed by atoms with Crippen molar-refractivity contribution in [3.63, 3.8) is 0 Å². The Morgan fingerprint density at radius 1 is 1.06 bits per heavy atom. The minimum atomic E-state index is -0.884. The molecule has 156 valence electrons. The zero-order valence-corrected chi connectivity index (χ0v) is 17.3. The highest BCUT2D eigenvalue weighted by molar-refractivity contribution is 6.31. The predicted molar refractivity (Wildman–Crippen MR) is 115 cm³/mol. The van der Waals surface area contributed by atoms with Crippen LogP contribution in [0, 0.1) is 11.8 Å². The molecule has 3 heterocycles. The smallest absolute Gasteiger partial charge is 0.240 e.